The van der Waals surface area contributed by atoms with Crippen molar-refractivity contribution in [2.75, 3.05) is 5.32 Å². The molecule has 7 heteroatoms. The van der Waals surface area contributed by atoms with Gasteiger partial charge in [-0.15, -0.1) is 0 Å². The molecule has 2 rings (SSSR count). The summed E-state index contributed by atoms with van der Waals surface area (Å²) in [6.45, 7) is 1.44. The molecule has 1 aromatic carbocycles. The van der Waals surface area contributed by atoms with Crippen LogP contribution in [-0.4, -0.2) is 16.1 Å². The molecule has 2 N–H and O–H groups in total. The zero-order valence-corrected chi connectivity index (χ0v) is 13.2. The summed E-state index contributed by atoms with van der Waals surface area (Å²) in [5.41, 5.74) is -0.788. The number of nitrogens with zero attached hydrogens (tertiary/aromatic N) is 1. The third-order valence-electron chi connectivity index (χ3n) is 3.02. The van der Waals surface area contributed by atoms with Gasteiger partial charge < -0.3 is 10.4 Å². The van der Waals surface area contributed by atoms with E-state index in [0.29, 0.717) is 15.2 Å². The fourth-order valence-electron chi connectivity index (χ4n) is 1.80. The van der Waals surface area contributed by atoms with Crippen LogP contribution in [0.4, 0.5) is 10.1 Å². The Labute approximate surface area is 134 Å². The van der Waals surface area contributed by atoms with Crippen LogP contribution in [-0.2, 0) is 10.3 Å². The number of aromatic nitrogens is 1. The van der Waals surface area contributed by atoms with Crippen molar-refractivity contribution < 1.29 is 14.3 Å². The number of hydrogen-bond donors (Lipinski definition) is 2. The van der Waals surface area contributed by atoms with Gasteiger partial charge in [-0.3, -0.25) is 4.98 Å². The number of carboxylic acid groups (broad SMARTS) is 1. The molecular formula is C14H11BrClFN2O2. The van der Waals surface area contributed by atoms with Crippen molar-refractivity contribution in [3.8, 4) is 0 Å². The summed E-state index contributed by atoms with van der Waals surface area (Å²) >= 11 is 9.17. The number of aliphatic carboxylic acids is 1. The van der Waals surface area contributed by atoms with E-state index in [-0.39, 0.29) is 5.56 Å². The first-order valence-electron chi connectivity index (χ1n) is 5.90. The van der Waals surface area contributed by atoms with Crippen LogP contribution in [0, 0.1) is 5.82 Å². The number of carbonyl (C=O) groups is 1. The van der Waals surface area contributed by atoms with Gasteiger partial charge >= 0.3 is 5.97 Å². The molecule has 1 heterocycles. The van der Waals surface area contributed by atoms with E-state index in [1.807, 2.05) is 0 Å². The van der Waals surface area contributed by atoms with Gasteiger partial charge in [0.2, 0.25) is 0 Å². The lowest BCUT2D eigenvalue weighted by molar-refractivity contribution is -0.142. The molecule has 0 bridgehead atoms. The van der Waals surface area contributed by atoms with Crippen LogP contribution in [0.25, 0.3) is 0 Å². The minimum Gasteiger partial charge on any atom is -0.479 e. The quantitative estimate of drug-likeness (QED) is 0.849. The highest BCUT2D eigenvalue weighted by Crippen LogP contribution is 2.30. The molecule has 0 aliphatic heterocycles. The zero-order chi connectivity index (χ0) is 15.6. The summed E-state index contributed by atoms with van der Waals surface area (Å²) in [6.07, 6.45) is 2.33. The molecule has 4 nitrogen and oxygen atoms in total. The average Bonchev–Trinajstić information content (AvgIpc) is 2.42. The summed E-state index contributed by atoms with van der Waals surface area (Å²) in [7, 11) is 0. The molecule has 1 unspecified atom stereocenters. The van der Waals surface area contributed by atoms with E-state index in [1.54, 1.807) is 18.2 Å². The largest absolute Gasteiger partial charge is 0.479 e. The Hall–Kier alpha value is -1.66. The maximum absolute atomic E-state index is 13.3. The van der Waals surface area contributed by atoms with Crippen molar-refractivity contribution in [3.05, 3.63) is 57.5 Å². The number of anilines is 1. The van der Waals surface area contributed by atoms with Gasteiger partial charge in [-0.1, -0.05) is 11.6 Å². The van der Waals surface area contributed by atoms with Gasteiger partial charge in [-0.25, -0.2) is 9.18 Å². The van der Waals surface area contributed by atoms with Crippen LogP contribution in [0.1, 0.15) is 12.5 Å². The maximum Gasteiger partial charge on any atom is 0.333 e. The van der Waals surface area contributed by atoms with Gasteiger partial charge in [-0.05, 0) is 47.1 Å². The lowest BCUT2D eigenvalue weighted by Crippen LogP contribution is -2.40. The number of nitrogens with one attached hydrogen (secondary N) is 1. The maximum atomic E-state index is 13.3. The smallest absolute Gasteiger partial charge is 0.333 e. The molecule has 0 amide bonds. The van der Waals surface area contributed by atoms with Crippen LogP contribution >= 0.6 is 27.5 Å². The average molecular weight is 374 g/mol. The molecule has 0 aliphatic carbocycles. The first-order chi connectivity index (χ1) is 9.83. The fraction of sp³-hybridized carbons (Fsp3) is 0.143. The highest BCUT2D eigenvalue weighted by molar-refractivity contribution is 9.10. The van der Waals surface area contributed by atoms with Gasteiger partial charge in [0.1, 0.15) is 5.82 Å². The van der Waals surface area contributed by atoms with E-state index in [4.69, 9.17) is 11.6 Å². The summed E-state index contributed by atoms with van der Waals surface area (Å²) in [4.78, 5) is 15.3. The van der Waals surface area contributed by atoms with Crippen LogP contribution < -0.4 is 5.32 Å². The monoisotopic (exact) mass is 372 g/mol. The number of pyridine rings is 1. The summed E-state index contributed by atoms with van der Waals surface area (Å²) < 4.78 is 13.9. The number of carboxylic acids is 1. The molecular weight excluding hydrogens is 363 g/mol. The third kappa shape index (κ3) is 3.33. The Morgan fingerprint density at radius 1 is 1.43 bits per heavy atom. The summed E-state index contributed by atoms with van der Waals surface area (Å²) in [5.74, 6) is -1.75. The Morgan fingerprint density at radius 2 is 2.14 bits per heavy atom. The second-order valence-corrected chi connectivity index (χ2v) is 5.84. The second-order valence-electron chi connectivity index (χ2n) is 4.58. The Kier molecular flexibility index (Phi) is 4.49. The molecule has 21 heavy (non-hydrogen) atoms. The molecule has 0 fully saturated rings. The summed E-state index contributed by atoms with van der Waals surface area (Å²) in [5, 5.41) is 12.9. The highest BCUT2D eigenvalue weighted by atomic mass is 79.9. The third-order valence-corrected chi connectivity index (χ3v) is 4.24. The van der Waals surface area contributed by atoms with Gasteiger partial charge in [0.25, 0.3) is 0 Å². The minimum atomic E-state index is -1.53. The Morgan fingerprint density at radius 3 is 2.71 bits per heavy atom. The second kappa shape index (κ2) is 5.99. The van der Waals surface area contributed by atoms with E-state index in [0.717, 1.165) is 12.3 Å². The number of rotatable bonds is 4. The molecule has 2 aromatic rings. The lowest BCUT2D eigenvalue weighted by atomic mass is 9.93. The molecule has 1 aromatic heterocycles. The molecule has 0 spiro atoms. The first kappa shape index (κ1) is 15.7. The summed E-state index contributed by atoms with van der Waals surface area (Å²) in [6, 6.07) is 6.05. The van der Waals surface area contributed by atoms with Crippen molar-refractivity contribution >= 4 is 39.2 Å². The lowest BCUT2D eigenvalue weighted by Gasteiger charge is -2.27. The molecule has 0 saturated carbocycles. The van der Waals surface area contributed by atoms with E-state index in [9.17, 15) is 14.3 Å². The zero-order valence-electron chi connectivity index (χ0n) is 10.9. The van der Waals surface area contributed by atoms with Crippen LogP contribution in [0.3, 0.4) is 0 Å². The predicted molar refractivity (Wildman–Crippen MR) is 82.0 cm³/mol. The van der Waals surface area contributed by atoms with Crippen LogP contribution in [0.15, 0.2) is 41.1 Å². The molecule has 110 valence electrons. The SMILES string of the molecule is CC(Nc1ccc(Cl)c(Br)c1)(C(=O)O)c1cncc(F)c1. The molecule has 0 saturated heterocycles. The van der Waals surface area contributed by atoms with Gasteiger partial charge in [0.15, 0.2) is 5.54 Å². The van der Waals surface area contributed by atoms with E-state index >= 15 is 0 Å². The van der Waals surface area contributed by atoms with Crippen LogP contribution in [0.5, 0.6) is 0 Å². The van der Waals surface area contributed by atoms with Crippen LogP contribution in [0.2, 0.25) is 5.02 Å². The molecule has 0 radical (unpaired) electrons. The predicted octanol–water partition coefficient (Wildman–Crippen LogP) is 4.05. The minimum absolute atomic E-state index is 0.209. The Balaban J connectivity index is 2.43. The van der Waals surface area contributed by atoms with E-state index < -0.39 is 17.3 Å². The van der Waals surface area contributed by atoms with Gasteiger partial charge in [-0.2, -0.15) is 0 Å². The highest BCUT2D eigenvalue weighted by Gasteiger charge is 2.36. The van der Waals surface area contributed by atoms with Gasteiger partial charge in [0, 0.05) is 21.9 Å². The van der Waals surface area contributed by atoms with E-state index in [2.05, 4.69) is 26.2 Å². The van der Waals surface area contributed by atoms with Crippen molar-refractivity contribution in [1.29, 1.82) is 0 Å². The van der Waals surface area contributed by atoms with E-state index in [1.165, 1.54) is 13.1 Å². The number of halogens is 3. The van der Waals surface area contributed by atoms with Crippen molar-refractivity contribution in [2.24, 2.45) is 0 Å². The van der Waals surface area contributed by atoms with Gasteiger partial charge in [0.05, 0.1) is 11.2 Å². The normalized spacial score (nSPS) is 13.5. The van der Waals surface area contributed by atoms with Crippen molar-refractivity contribution in [3.63, 3.8) is 0 Å². The first-order valence-corrected chi connectivity index (χ1v) is 7.07. The van der Waals surface area contributed by atoms with Crippen molar-refractivity contribution in [2.45, 2.75) is 12.5 Å². The fourth-order valence-corrected chi connectivity index (χ4v) is 2.29. The standard InChI is InChI=1S/C14H11BrClFN2O2/c1-14(13(20)21,8-4-9(17)7-18-6-8)19-10-2-3-12(16)11(15)5-10/h2-7,19H,1H3,(H,20,21). The Bertz CT molecular complexity index is 698. The number of benzene rings is 1. The topological polar surface area (TPSA) is 62.2 Å². The number of hydrogen-bond acceptors (Lipinski definition) is 3. The van der Waals surface area contributed by atoms with Crippen molar-refractivity contribution in [1.82, 2.24) is 4.98 Å². The molecule has 0 aliphatic rings. The molecule has 1 atom stereocenters.